The highest BCUT2D eigenvalue weighted by molar-refractivity contribution is 5.43. The largest absolute Gasteiger partial charge is 0.493 e. The minimum atomic E-state index is 0.487. The van der Waals surface area contributed by atoms with Crippen LogP contribution in [0.5, 0.6) is 11.5 Å². The second-order valence-electron chi connectivity index (χ2n) is 7.45. The monoisotopic (exact) mass is 404 g/mol. The Morgan fingerprint density at radius 3 is 2.43 bits per heavy atom. The molecule has 0 atom stereocenters. The average molecular weight is 405 g/mol. The Bertz CT molecular complexity index is 913. The van der Waals surface area contributed by atoms with E-state index >= 15 is 0 Å². The normalized spacial score (nSPS) is 14.5. The van der Waals surface area contributed by atoms with Crippen LogP contribution in [0.25, 0.3) is 0 Å². The molecule has 0 amide bonds. The zero-order chi connectivity index (χ0) is 20.6. The Balaban J connectivity index is 1.30. The summed E-state index contributed by atoms with van der Waals surface area (Å²) in [5.74, 6) is 2.36. The molecule has 1 saturated heterocycles. The highest BCUT2D eigenvalue weighted by Gasteiger charge is 2.20. The maximum Gasteiger partial charge on any atom is 0.225 e. The number of hydrogen-bond acceptors (Lipinski definition) is 6. The standard InChI is InChI=1S/C24H28N4O2/c1-29-22-9-8-20(16-23(22)30-18-19-6-3-2-4-7-19)17-27-21-10-14-28(15-11-21)24-25-12-5-13-26-24/h2-9,12-13,16,21,27H,10-11,14-15,17-18H2,1H3. The van der Waals surface area contributed by atoms with Crippen LogP contribution >= 0.6 is 0 Å². The van der Waals surface area contributed by atoms with Crippen molar-refractivity contribution in [2.24, 2.45) is 0 Å². The van der Waals surface area contributed by atoms with Gasteiger partial charge in [0.1, 0.15) is 6.61 Å². The van der Waals surface area contributed by atoms with E-state index in [1.807, 2.05) is 30.3 Å². The van der Waals surface area contributed by atoms with Crippen LogP contribution < -0.4 is 19.7 Å². The van der Waals surface area contributed by atoms with Gasteiger partial charge in [0.05, 0.1) is 7.11 Å². The fraction of sp³-hybridized carbons (Fsp3) is 0.333. The molecule has 1 N–H and O–H groups in total. The third-order valence-corrected chi connectivity index (χ3v) is 5.39. The molecule has 1 fully saturated rings. The van der Waals surface area contributed by atoms with Gasteiger partial charge in [0, 0.05) is 38.1 Å². The van der Waals surface area contributed by atoms with E-state index in [2.05, 4.69) is 44.5 Å². The van der Waals surface area contributed by atoms with Gasteiger partial charge in [0.25, 0.3) is 0 Å². The molecule has 0 saturated carbocycles. The number of nitrogens with one attached hydrogen (secondary N) is 1. The zero-order valence-corrected chi connectivity index (χ0v) is 17.3. The molecule has 30 heavy (non-hydrogen) atoms. The maximum atomic E-state index is 6.04. The highest BCUT2D eigenvalue weighted by Crippen LogP contribution is 2.29. The molecule has 6 heteroatoms. The quantitative estimate of drug-likeness (QED) is 0.616. The summed E-state index contributed by atoms with van der Waals surface area (Å²) in [5, 5.41) is 3.68. The maximum absolute atomic E-state index is 6.04. The molecule has 2 aromatic carbocycles. The smallest absolute Gasteiger partial charge is 0.225 e. The number of nitrogens with zero attached hydrogens (tertiary/aromatic N) is 3. The number of rotatable bonds is 8. The van der Waals surface area contributed by atoms with Gasteiger partial charge in [-0.3, -0.25) is 0 Å². The van der Waals surface area contributed by atoms with Crippen LogP contribution in [0.4, 0.5) is 5.95 Å². The van der Waals surface area contributed by atoms with Crippen molar-refractivity contribution in [3.63, 3.8) is 0 Å². The predicted molar refractivity (Wildman–Crippen MR) is 118 cm³/mol. The molecule has 0 radical (unpaired) electrons. The van der Waals surface area contributed by atoms with Crippen LogP contribution in [0, 0.1) is 0 Å². The van der Waals surface area contributed by atoms with E-state index in [9.17, 15) is 0 Å². The summed E-state index contributed by atoms with van der Waals surface area (Å²) in [6.45, 7) is 3.26. The molecule has 156 valence electrons. The minimum Gasteiger partial charge on any atom is -0.493 e. The number of hydrogen-bond donors (Lipinski definition) is 1. The minimum absolute atomic E-state index is 0.487. The van der Waals surface area contributed by atoms with Gasteiger partial charge in [-0.2, -0.15) is 0 Å². The predicted octanol–water partition coefficient (Wildman–Crippen LogP) is 3.82. The van der Waals surface area contributed by atoms with Gasteiger partial charge in [0.2, 0.25) is 5.95 Å². The fourth-order valence-electron chi connectivity index (χ4n) is 3.68. The second kappa shape index (κ2) is 10.1. The molecule has 1 aliphatic heterocycles. The number of aromatic nitrogens is 2. The van der Waals surface area contributed by atoms with Gasteiger partial charge in [-0.05, 0) is 42.2 Å². The first-order chi connectivity index (χ1) is 14.8. The number of anilines is 1. The SMILES string of the molecule is COc1ccc(CNC2CCN(c3ncccn3)CC2)cc1OCc1ccccc1. The lowest BCUT2D eigenvalue weighted by molar-refractivity contribution is 0.284. The molecular weight excluding hydrogens is 376 g/mol. The Kier molecular flexibility index (Phi) is 6.77. The Morgan fingerprint density at radius 1 is 0.933 bits per heavy atom. The average Bonchev–Trinajstić information content (AvgIpc) is 2.83. The third-order valence-electron chi connectivity index (χ3n) is 5.39. The van der Waals surface area contributed by atoms with Gasteiger partial charge in [-0.15, -0.1) is 0 Å². The van der Waals surface area contributed by atoms with Crippen LogP contribution in [-0.2, 0) is 13.2 Å². The Labute approximate surface area is 177 Å². The van der Waals surface area contributed by atoms with Gasteiger partial charge in [0.15, 0.2) is 11.5 Å². The van der Waals surface area contributed by atoms with Crippen molar-refractivity contribution in [3.05, 3.63) is 78.1 Å². The Hall–Kier alpha value is -3.12. The molecule has 1 aliphatic rings. The number of piperidine rings is 1. The topological polar surface area (TPSA) is 59.5 Å². The van der Waals surface area contributed by atoms with Crippen molar-refractivity contribution in [2.45, 2.75) is 32.0 Å². The van der Waals surface area contributed by atoms with Crippen molar-refractivity contribution in [1.29, 1.82) is 0 Å². The number of ether oxygens (including phenoxy) is 2. The summed E-state index contributed by atoms with van der Waals surface area (Å²) in [4.78, 5) is 11.0. The van der Waals surface area contributed by atoms with Crippen molar-refractivity contribution >= 4 is 5.95 Å². The summed E-state index contributed by atoms with van der Waals surface area (Å²) in [6, 6.07) is 18.6. The first kappa shape index (κ1) is 20.2. The van der Waals surface area contributed by atoms with E-state index in [-0.39, 0.29) is 0 Å². The van der Waals surface area contributed by atoms with Crippen LogP contribution in [0.1, 0.15) is 24.0 Å². The molecule has 2 heterocycles. The molecule has 0 spiro atoms. The van der Waals surface area contributed by atoms with Gasteiger partial charge < -0.3 is 19.7 Å². The van der Waals surface area contributed by atoms with E-state index in [1.54, 1.807) is 19.5 Å². The van der Waals surface area contributed by atoms with Gasteiger partial charge in [-0.1, -0.05) is 36.4 Å². The summed E-state index contributed by atoms with van der Waals surface area (Å²) in [5.41, 5.74) is 2.32. The molecular formula is C24H28N4O2. The van der Waals surface area contributed by atoms with Crippen molar-refractivity contribution in [2.75, 3.05) is 25.1 Å². The van der Waals surface area contributed by atoms with Crippen LogP contribution in [-0.4, -0.2) is 36.2 Å². The van der Waals surface area contributed by atoms with Crippen molar-refractivity contribution in [3.8, 4) is 11.5 Å². The summed E-state index contributed by atoms with van der Waals surface area (Å²) in [6.07, 6.45) is 5.75. The molecule has 0 aliphatic carbocycles. The molecule has 0 unspecified atom stereocenters. The van der Waals surface area contributed by atoms with Crippen LogP contribution in [0.3, 0.4) is 0 Å². The molecule has 3 aromatic rings. The van der Waals surface area contributed by atoms with Gasteiger partial charge >= 0.3 is 0 Å². The first-order valence-corrected chi connectivity index (χ1v) is 10.4. The van der Waals surface area contributed by atoms with Crippen LogP contribution in [0.15, 0.2) is 67.0 Å². The summed E-state index contributed by atoms with van der Waals surface area (Å²) >= 11 is 0. The lowest BCUT2D eigenvalue weighted by atomic mass is 10.0. The van der Waals surface area contributed by atoms with Gasteiger partial charge in [-0.25, -0.2) is 9.97 Å². The lowest BCUT2D eigenvalue weighted by Gasteiger charge is -2.32. The Morgan fingerprint density at radius 2 is 1.70 bits per heavy atom. The second-order valence-corrected chi connectivity index (χ2v) is 7.45. The van der Waals surface area contributed by atoms with Crippen LogP contribution in [0.2, 0.25) is 0 Å². The molecule has 1 aromatic heterocycles. The van der Waals surface area contributed by atoms with Crippen molar-refractivity contribution < 1.29 is 9.47 Å². The summed E-state index contributed by atoms with van der Waals surface area (Å²) < 4.78 is 11.5. The number of benzene rings is 2. The van der Waals surface area contributed by atoms with Crippen molar-refractivity contribution in [1.82, 2.24) is 15.3 Å². The highest BCUT2D eigenvalue weighted by atomic mass is 16.5. The first-order valence-electron chi connectivity index (χ1n) is 10.4. The fourth-order valence-corrected chi connectivity index (χ4v) is 3.68. The van der Waals surface area contributed by atoms with E-state index in [4.69, 9.17) is 9.47 Å². The lowest BCUT2D eigenvalue weighted by Crippen LogP contribution is -2.42. The third kappa shape index (κ3) is 5.27. The van der Waals surface area contributed by atoms with E-state index in [0.717, 1.165) is 55.5 Å². The molecule has 4 rings (SSSR count). The summed E-state index contributed by atoms with van der Waals surface area (Å²) in [7, 11) is 1.67. The zero-order valence-electron chi connectivity index (χ0n) is 17.3. The number of methoxy groups -OCH3 is 1. The van der Waals surface area contributed by atoms with E-state index < -0.39 is 0 Å². The molecule has 6 nitrogen and oxygen atoms in total. The molecule has 0 bridgehead atoms. The van der Waals surface area contributed by atoms with E-state index in [1.165, 1.54) is 5.56 Å². The van der Waals surface area contributed by atoms with E-state index in [0.29, 0.717) is 12.6 Å².